The van der Waals surface area contributed by atoms with Crippen molar-refractivity contribution in [3.05, 3.63) is 35.4 Å². The Bertz CT molecular complexity index is 481. The van der Waals surface area contributed by atoms with Gasteiger partial charge >= 0.3 is 6.09 Å². The number of rotatable bonds is 6. The summed E-state index contributed by atoms with van der Waals surface area (Å²) < 4.78 is 31.2. The Morgan fingerprint density at radius 3 is 2.36 bits per heavy atom. The maximum atomic E-state index is 13.0. The molecule has 1 unspecified atom stereocenters. The number of hydrogen-bond acceptors (Lipinski definition) is 3. The number of carbonyl (C=O) groups excluding carboxylic acids is 1. The van der Waals surface area contributed by atoms with Crippen LogP contribution in [0.4, 0.5) is 13.6 Å². The standard InChI is InChI=1S/C16H24F2N2O2/c1-11(20-15(21)22-16(2,3)4)5-6-19-10-12-7-13(17)9-14(18)8-12/h7-9,11,19H,5-6,10H2,1-4H3,(H,20,21). The van der Waals surface area contributed by atoms with Crippen LogP contribution in [0.3, 0.4) is 0 Å². The van der Waals surface area contributed by atoms with E-state index >= 15 is 0 Å². The second-order valence-corrected chi connectivity index (χ2v) is 6.29. The number of amides is 1. The van der Waals surface area contributed by atoms with Gasteiger partial charge in [0.2, 0.25) is 0 Å². The third kappa shape index (κ3) is 7.93. The molecule has 0 aliphatic carbocycles. The monoisotopic (exact) mass is 314 g/mol. The Morgan fingerprint density at radius 1 is 1.23 bits per heavy atom. The van der Waals surface area contributed by atoms with Gasteiger partial charge in [0.05, 0.1) is 0 Å². The molecule has 2 N–H and O–H groups in total. The van der Waals surface area contributed by atoms with Gasteiger partial charge in [-0.1, -0.05) is 0 Å². The summed E-state index contributed by atoms with van der Waals surface area (Å²) in [6, 6.07) is 3.36. The lowest BCUT2D eigenvalue weighted by Crippen LogP contribution is -2.38. The number of carbonyl (C=O) groups is 1. The third-order valence-electron chi connectivity index (χ3n) is 2.77. The Hall–Kier alpha value is -1.69. The van der Waals surface area contributed by atoms with Crippen LogP contribution in [0.25, 0.3) is 0 Å². The molecule has 0 saturated carbocycles. The highest BCUT2D eigenvalue weighted by Gasteiger charge is 2.17. The molecule has 0 aliphatic rings. The molecule has 6 heteroatoms. The first kappa shape index (κ1) is 18.4. The lowest BCUT2D eigenvalue weighted by Gasteiger charge is -2.22. The van der Waals surface area contributed by atoms with Gasteiger partial charge in [-0.25, -0.2) is 13.6 Å². The molecule has 0 radical (unpaired) electrons. The molecule has 0 saturated heterocycles. The van der Waals surface area contributed by atoms with Gasteiger partial charge in [-0.05, 0) is 58.4 Å². The Kier molecular flexibility index (Phi) is 6.74. The molecule has 0 aliphatic heterocycles. The van der Waals surface area contributed by atoms with Gasteiger partial charge in [0, 0.05) is 18.7 Å². The van der Waals surface area contributed by atoms with Crippen LogP contribution < -0.4 is 10.6 Å². The fourth-order valence-electron chi connectivity index (χ4n) is 1.85. The molecule has 0 aromatic heterocycles. The summed E-state index contributed by atoms with van der Waals surface area (Å²) in [6.45, 7) is 8.25. The molecule has 0 heterocycles. The molecule has 1 rings (SSSR count). The van der Waals surface area contributed by atoms with Crippen LogP contribution in [0.2, 0.25) is 0 Å². The Labute approximate surface area is 130 Å². The van der Waals surface area contributed by atoms with E-state index in [9.17, 15) is 13.6 Å². The first-order valence-corrected chi connectivity index (χ1v) is 7.31. The fraction of sp³-hybridized carbons (Fsp3) is 0.562. The van der Waals surface area contributed by atoms with E-state index in [0.29, 0.717) is 25.1 Å². The van der Waals surface area contributed by atoms with Gasteiger partial charge < -0.3 is 15.4 Å². The van der Waals surface area contributed by atoms with E-state index in [1.807, 2.05) is 6.92 Å². The number of hydrogen-bond donors (Lipinski definition) is 2. The van der Waals surface area contributed by atoms with Crippen LogP contribution >= 0.6 is 0 Å². The van der Waals surface area contributed by atoms with Crippen LogP contribution in [0, 0.1) is 11.6 Å². The molecule has 0 bridgehead atoms. The van der Waals surface area contributed by atoms with E-state index in [2.05, 4.69) is 10.6 Å². The zero-order valence-electron chi connectivity index (χ0n) is 13.5. The Morgan fingerprint density at radius 2 is 1.82 bits per heavy atom. The van der Waals surface area contributed by atoms with E-state index < -0.39 is 23.3 Å². The van der Waals surface area contributed by atoms with Gasteiger partial charge in [-0.3, -0.25) is 0 Å². The number of halogens is 2. The quantitative estimate of drug-likeness (QED) is 0.792. The fourth-order valence-corrected chi connectivity index (χ4v) is 1.85. The number of alkyl carbamates (subject to hydrolysis) is 1. The summed E-state index contributed by atoms with van der Waals surface area (Å²) in [5.74, 6) is -1.17. The van der Waals surface area contributed by atoms with Gasteiger partial charge in [0.15, 0.2) is 0 Å². The first-order valence-electron chi connectivity index (χ1n) is 7.31. The van der Waals surface area contributed by atoms with Crippen LogP contribution in [0.15, 0.2) is 18.2 Å². The SMILES string of the molecule is CC(CCNCc1cc(F)cc(F)c1)NC(=O)OC(C)(C)C. The largest absolute Gasteiger partial charge is 0.444 e. The van der Waals surface area contributed by atoms with E-state index in [1.165, 1.54) is 12.1 Å². The Balaban J connectivity index is 2.25. The molecule has 4 nitrogen and oxygen atoms in total. The minimum absolute atomic E-state index is 0.0633. The van der Waals surface area contributed by atoms with Crippen LogP contribution in [-0.2, 0) is 11.3 Å². The number of nitrogens with one attached hydrogen (secondary N) is 2. The minimum Gasteiger partial charge on any atom is -0.444 e. The smallest absolute Gasteiger partial charge is 0.407 e. The summed E-state index contributed by atoms with van der Waals surface area (Å²) in [6.07, 6.45) is 0.226. The van der Waals surface area contributed by atoms with Crippen molar-refractivity contribution in [3.8, 4) is 0 Å². The summed E-state index contributed by atoms with van der Waals surface area (Å²) >= 11 is 0. The topological polar surface area (TPSA) is 50.4 Å². The second-order valence-electron chi connectivity index (χ2n) is 6.29. The van der Waals surface area contributed by atoms with Crippen molar-refractivity contribution >= 4 is 6.09 Å². The van der Waals surface area contributed by atoms with Crippen molar-refractivity contribution in [2.45, 2.75) is 52.3 Å². The predicted molar refractivity (Wildman–Crippen MR) is 81.5 cm³/mol. The van der Waals surface area contributed by atoms with Crippen molar-refractivity contribution in [2.24, 2.45) is 0 Å². The summed E-state index contributed by atoms with van der Waals surface area (Å²) in [5.41, 5.74) is 0.0222. The molecule has 0 fully saturated rings. The number of benzene rings is 1. The van der Waals surface area contributed by atoms with Crippen LogP contribution in [0.1, 0.15) is 39.7 Å². The molecule has 1 amide bonds. The van der Waals surface area contributed by atoms with Gasteiger partial charge in [-0.2, -0.15) is 0 Å². The summed E-state index contributed by atoms with van der Waals surface area (Å²) in [4.78, 5) is 11.6. The van der Waals surface area contributed by atoms with Crippen molar-refractivity contribution in [1.29, 1.82) is 0 Å². The zero-order chi connectivity index (χ0) is 16.8. The molecule has 1 atom stereocenters. The maximum Gasteiger partial charge on any atom is 0.407 e. The maximum absolute atomic E-state index is 13.0. The van der Waals surface area contributed by atoms with E-state index in [-0.39, 0.29) is 6.04 Å². The van der Waals surface area contributed by atoms with Gasteiger partial charge in [0.1, 0.15) is 17.2 Å². The van der Waals surface area contributed by atoms with Crippen molar-refractivity contribution in [1.82, 2.24) is 10.6 Å². The van der Waals surface area contributed by atoms with Gasteiger partial charge in [-0.15, -0.1) is 0 Å². The van der Waals surface area contributed by atoms with Gasteiger partial charge in [0.25, 0.3) is 0 Å². The van der Waals surface area contributed by atoms with Crippen molar-refractivity contribution in [2.75, 3.05) is 6.54 Å². The highest BCUT2D eigenvalue weighted by molar-refractivity contribution is 5.67. The summed E-state index contributed by atoms with van der Waals surface area (Å²) in [5, 5.41) is 5.82. The average Bonchev–Trinajstić information content (AvgIpc) is 2.30. The lowest BCUT2D eigenvalue weighted by molar-refractivity contribution is 0.0506. The van der Waals surface area contributed by atoms with E-state index in [1.54, 1.807) is 20.8 Å². The zero-order valence-corrected chi connectivity index (χ0v) is 13.5. The van der Waals surface area contributed by atoms with Crippen LogP contribution in [-0.4, -0.2) is 24.3 Å². The molecular formula is C16H24F2N2O2. The lowest BCUT2D eigenvalue weighted by atomic mass is 10.2. The molecule has 0 spiro atoms. The van der Waals surface area contributed by atoms with E-state index in [0.717, 1.165) is 6.07 Å². The van der Waals surface area contributed by atoms with Crippen LogP contribution in [0.5, 0.6) is 0 Å². The highest BCUT2D eigenvalue weighted by Crippen LogP contribution is 2.08. The normalized spacial score (nSPS) is 12.8. The second kappa shape index (κ2) is 8.08. The molecular weight excluding hydrogens is 290 g/mol. The highest BCUT2D eigenvalue weighted by atomic mass is 19.1. The number of ether oxygens (including phenoxy) is 1. The predicted octanol–water partition coefficient (Wildman–Crippen LogP) is 3.36. The summed E-state index contributed by atoms with van der Waals surface area (Å²) in [7, 11) is 0. The van der Waals surface area contributed by atoms with Crippen molar-refractivity contribution < 1.29 is 18.3 Å². The first-order chi connectivity index (χ1) is 10.2. The van der Waals surface area contributed by atoms with Crippen molar-refractivity contribution in [3.63, 3.8) is 0 Å². The molecule has 22 heavy (non-hydrogen) atoms. The van der Waals surface area contributed by atoms with E-state index in [4.69, 9.17) is 4.74 Å². The third-order valence-corrected chi connectivity index (χ3v) is 2.77. The molecule has 124 valence electrons. The average molecular weight is 314 g/mol. The molecule has 1 aromatic carbocycles. The minimum atomic E-state index is -0.586. The molecule has 1 aromatic rings.